The van der Waals surface area contributed by atoms with Crippen LogP contribution in [0.2, 0.25) is 0 Å². The van der Waals surface area contributed by atoms with Crippen LogP contribution in [-0.4, -0.2) is 57.4 Å². The number of ether oxygens (including phenoxy) is 1. The number of carboxylic acid groups (broad SMARTS) is 1. The van der Waals surface area contributed by atoms with Crippen LogP contribution in [0.3, 0.4) is 0 Å². The molecule has 0 radical (unpaired) electrons. The first-order chi connectivity index (χ1) is 14.8. The van der Waals surface area contributed by atoms with E-state index in [1.54, 1.807) is 29.8 Å². The van der Waals surface area contributed by atoms with Gasteiger partial charge in [0.1, 0.15) is 23.6 Å². The Morgan fingerprint density at radius 1 is 1.32 bits per heavy atom. The third kappa shape index (κ3) is 4.71. The van der Waals surface area contributed by atoms with Crippen molar-refractivity contribution in [2.45, 2.75) is 6.54 Å². The van der Waals surface area contributed by atoms with Crippen molar-refractivity contribution in [3.05, 3.63) is 41.5 Å². The Morgan fingerprint density at radius 3 is 2.81 bits per heavy atom. The van der Waals surface area contributed by atoms with E-state index in [1.165, 1.54) is 20.5 Å². The van der Waals surface area contributed by atoms with Crippen molar-refractivity contribution in [2.75, 3.05) is 31.4 Å². The van der Waals surface area contributed by atoms with Crippen LogP contribution in [0.4, 0.5) is 16.4 Å². The molecule has 3 aromatic heterocycles. The van der Waals surface area contributed by atoms with Gasteiger partial charge in [-0.3, -0.25) is 9.69 Å². The molecule has 0 bridgehead atoms. The second-order valence-electron chi connectivity index (χ2n) is 6.56. The van der Waals surface area contributed by atoms with Gasteiger partial charge in [-0.15, -0.1) is 0 Å². The minimum absolute atomic E-state index is 0.0282. The molecule has 31 heavy (non-hydrogen) atoms. The maximum Gasteiger partial charge on any atom is 0.412 e. The second kappa shape index (κ2) is 9.10. The highest BCUT2D eigenvalue weighted by Gasteiger charge is 2.21. The molecule has 3 aromatic rings. The number of methoxy groups -OCH3 is 1. The maximum atomic E-state index is 11.5. The van der Waals surface area contributed by atoms with Gasteiger partial charge in [-0.1, -0.05) is 12.0 Å². The van der Waals surface area contributed by atoms with Gasteiger partial charge >= 0.3 is 6.09 Å². The van der Waals surface area contributed by atoms with Crippen LogP contribution in [0.25, 0.3) is 11.0 Å². The number of pyridine rings is 2. The molecule has 0 spiro atoms. The van der Waals surface area contributed by atoms with E-state index in [9.17, 15) is 14.7 Å². The number of aromatic nitrogens is 4. The Bertz CT molecular complexity index is 1210. The smallest absolute Gasteiger partial charge is 0.412 e. The highest BCUT2D eigenvalue weighted by molar-refractivity contribution is 5.99. The van der Waals surface area contributed by atoms with Crippen LogP contribution in [0, 0.1) is 11.8 Å². The molecule has 11 heteroatoms. The van der Waals surface area contributed by atoms with Gasteiger partial charge in [0.2, 0.25) is 5.91 Å². The summed E-state index contributed by atoms with van der Waals surface area (Å²) in [5.74, 6) is 5.87. The van der Waals surface area contributed by atoms with Gasteiger partial charge in [0.25, 0.3) is 0 Å². The first kappa shape index (κ1) is 21.5. The molecule has 3 rings (SSSR count). The molecule has 0 aliphatic heterocycles. The van der Waals surface area contributed by atoms with Crippen molar-refractivity contribution in [1.82, 2.24) is 24.8 Å². The molecule has 0 saturated heterocycles. The van der Waals surface area contributed by atoms with E-state index in [2.05, 4.69) is 32.1 Å². The zero-order valence-electron chi connectivity index (χ0n) is 17.2. The van der Waals surface area contributed by atoms with Crippen LogP contribution in [0.15, 0.2) is 24.5 Å². The fraction of sp³-hybridized carbons (Fsp3) is 0.250. The number of nitrogens with two attached hydrogens (primary N) is 1. The Kier molecular flexibility index (Phi) is 6.32. The van der Waals surface area contributed by atoms with E-state index >= 15 is 0 Å². The maximum absolute atomic E-state index is 11.5. The predicted octanol–water partition coefficient (Wildman–Crippen LogP) is 0.722. The van der Waals surface area contributed by atoms with Crippen LogP contribution in [0.1, 0.15) is 17.0 Å². The van der Waals surface area contributed by atoms with E-state index in [1.807, 2.05) is 0 Å². The Balaban J connectivity index is 1.96. The number of carbonyl (C=O) groups excluding carboxylic acids is 1. The summed E-state index contributed by atoms with van der Waals surface area (Å²) in [5, 5.41) is 12.0. The van der Waals surface area contributed by atoms with Crippen molar-refractivity contribution in [3.63, 3.8) is 0 Å². The highest BCUT2D eigenvalue weighted by Crippen LogP contribution is 2.28. The molecular weight excluding hydrogens is 402 g/mol. The summed E-state index contributed by atoms with van der Waals surface area (Å²) in [6.45, 7) is 0.211. The fourth-order valence-electron chi connectivity index (χ4n) is 2.83. The molecule has 3 heterocycles. The van der Waals surface area contributed by atoms with Gasteiger partial charge in [-0.2, -0.15) is 0 Å². The predicted molar refractivity (Wildman–Crippen MR) is 113 cm³/mol. The lowest BCUT2D eigenvalue weighted by molar-refractivity contribution is -0.124. The van der Waals surface area contributed by atoms with Crippen LogP contribution in [-0.2, 0) is 23.1 Å². The number of hydrogen-bond acceptors (Lipinski definition) is 7. The van der Waals surface area contributed by atoms with Gasteiger partial charge < -0.3 is 25.5 Å². The number of anilines is 2. The molecule has 0 atom stereocenters. The highest BCUT2D eigenvalue weighted by atomic mass is 16.5. The van der Waals surface area contributed by atoms with E-state index in [0.717, 1.165) is 4.90 Å². The van der Waals surface area contributed by atoms with Crippen LogP contribution < -0.4 is 16.0 Å². The largest absolute Gasteiger partial charge is 0.465 e. The number of nitrogen functional groups attached to an aromatic ring is 1. The van der Waals surface area contributed by atoms with Crippen molar-refractivity contribution >= 4 is 34.7 Å². The number of amides is 2. The number of aryl methyl sites for hydroxylation is 1. The van der Waals surface area contributed by atoms with E-state index in [0.29, 0.717) is 28.0 Å². The number of nitrogens with one attached hydrogen (secondary N) is 1. The summed E-state index contributed by atoms with van der Waals surface area (Å²) in [4.78, 5) is 36.7. The molecule has 0 aromatic carbocycles. The minimum atomic E-state index is -1.18. The number of nitrogens with zero attached hydrogens (tertiary/aromatic N) is 5. The average Bonchev–Trinajstić information content (AvgIpc) is 3.12. The Hall–Kier alpha value is -4.17. The standard InChI is InChI=1S/C20H21N7O4/c1-26-11-23-16-17(26)14(18(21)25-19(16)27(2)20(29)30)8-7-12-5-4-6-13(24-12)9-22-15(28)10-31-3/h4-6,11H,9-10H2,1-3H3,(H2,21,25)(H,22,28)(H,29,30). The summed E-state index contributed by atoms with van der Waals surface area (Å²) in [6, 6.07) is 5.27. The lowest BCUT2D eigenvalue weighted by atomic mass is 10.2. The summed E-state index contributed by atoms with van der Waals surface area (Å²) in [5.41, 5.74) is 8.55. The lowest BCUT2D eigenvalue weighted by Crippen LogP contribution is -2.26. The summed E-state index contributed by atoms with van der Waals surface area (Å²) < 4.78 is 6.47. The third-order valence-corrected chi connectivity index (χ3v) is 4.34. The summed E-state index contributed by atoms with van der Waals surface area (Å²) >= 11 is 0. The first-order valence-corrected chi connectivity index (χ1v) is 9.12. The zero-order valence-corrected chi connectivity index (χ0v) is 17.2. The zero-order chi connectivity index (χ0) is 22.5. The average molecular weight is 423 g/mol. The number of hydrogen-bond donors (Lipinski definition) is 3. The molecule has 160 valence electrons. The van der Waals surface area contributed by atoms with Crippen LogP contribution >= 0.6 is 0 Å². The van der Waals surface area contributed by atoms with Crippen molar-refractivity contribution in [3.8, 4) is 11.8 Å². The van der Waals surface area contributed by atoms with Gasteiger partial charge in [-0.25, -0.2) is 19.7 Å². The molecule has 0 saturated carbocycles. The van der Waals surface area contributed by atoms with Crippen molar-refractivity contribution < 1.29 is 19.4 Å². The van der Waals surface area contributed by atoms with Crippen molar-refractivity contribution in [2.24, 2.45) is 7.05 Å². The normalized spacial score (nSPS) is 10.4. The fourth-order valence-corrected chi connectivity index (χ4v) is 2.83. The SMILES string of the molecule is COCC(=O)NCc1cccc(C#Cc2c(N)nc(N(C)C(=O)O)c3ncn(C)c23)n1. The van der Waals surface area contributed by atoms with E-state index in [-0.39, 0.29) is 30.7 Å². The van der Waals surface area contributed by atoms with Crippen molar-refractivity contribution in [1.29, 1.82) is 0 Å². The molecular formula is C20H21N7O4. The van der Waals surface area contributed by atoms with E-state index < -0.39 is 6.09 Å². The summed E-state index contributed by atoms with van der Waals surface area (Å²) in [7, 11) is 4.57. The van der Waals surface area contributed by atoms with Gasteiger partial charge in [-0.05, 0) is 18.1 Å². The molecule has 0 aliphatic carbocycles. The number of imidazole rings is 1. The van der Waals surface area contributed by atoms with Gasteiger partial charge in [0.05, 0.1) is 29.6 Å². The molecule has 0 fully saturated rings. The van der Waals surface area contributed by atoms with Gasteiger partial charge in [0.15, 0.2) is 5.82 Å². The monoisotopic (exact) mass is 423 g/mol. The lowest BCUT2D eigenvalue weighted by Gasteiger charge is -2.14. The number of fused-ring (bicyclic) bond motifs is 1. The van der Waals surface area contributed by atoms with Gasteiger partial charge in [0, 0.05) is 21.2 Å². The number of carbonyl (C=O) groups is 2. The second-order valence-corrected chi connectivity index (χ2v) is 6.56. The summed E-state index contributed by atoms with van der Waals surface area (Å²) in [6.07, 6.45) is 0.355. The molecule has 11 nitrogen and oxygen atoms in total. The Morgan fingerprint density at radius 2 is 2.10 bits per heavy atom. The molecule has 4 N–H and O–H groups in total. The molecule has 0 aliphatic rings. The van der Waals surface area contributed by atoms with E-state index in [4.69, 9.17) is 10.5 Å². The minimum Gasteiger partial charge on any atom is -0.465 e. The number of rotatable bonds is 5. The molecule has 0 unspecified atom stereocenters. The van der Waals surface area contributed by atoms with Crippen LogP contribution in [0.5, 0.6) is 0 Å². The molecule has 2 amide bonds. The third-order valence-electron chi connectivity index (χ3n) is 4.34. The first-order valence-electron chi connectivity index (χ1n) is 9.12. The quantitative estimate of drug-likeness (QED) is 0.509. The topological polar surface area (TPSA) is 148 Å². The Labute approximate surface area is 177 Å².